The van der Waals surface area contributed by atoms with E-state index in [1.807, 2.05) is 0 Å². The van der Waals surface area contributed by atoms with Gasteiger partial charge < -0.3 is 15.5 Å². The molecule has 0 bridgehead atoms. The molecule has 3 rings (SSSR count). The molecule has 0 saturated carbocycles. The van der Waals surface area contributed by atoms with Gasteiger partial charge in [-0.3, -0.25) is 5.10 Å². The lowest BCUT2D eigenvalue weighted by Gasteiger charge is -2.38. The Morgan fingerprint density at radius 2 is 1.90 bits per heavy atom. The summed E-state index contributed by atoms with van der Waals surface area (Å²) >= 11 is 0. The zero-order valence-electron chi connectivity index (χ0n) is 13.1. The first-order valence-corrected chi connectivity index (χ1v) is 8.27. The Labute approximate surface area is 127 Å². The predicted molar refractivity (Wildman–Crippen MR) is 84.4 cm³/mol. The summed E-state index contributed by atoms with van der Waals surface area (Å²) in [4.78, 5) is 9.46. The van der Waals surface area contributed by atoms with E-state index in [-0.39, 0.29) is 0 Å². The van der Waals surface area contributed by atoms with Gasteiger partial charge in [-0.1, -0.05) is 6.92 Å². The first kappa shape index (κ1) is 14.8. The molecule has 0 radical (unpaired) electrons. The Balaban J connectivity index is 1.50. The number of H-pyrrole nitrogens is 1. The first-order chi connectivity index (χ1) is 10.2. The molecule has 0 atom stereocenters. The van der Waals surface area contributed by atoms with Crippen LogP contribution in [0, 0.1) is 5.41 Å². The highest BCUT2D eigenvalue weighted by Gasteiger charge is 2.30. The molecule has 0 unspecified atom stereocenters. The maximum Gasteiger partial charge on any atom is 0.244 e. The minimum atomic E-state index is 0.297. The average molecular weight is 292 g/mol. The fourth-order valence-corrected chi connectivity index (χ4v) is 3.26. The van der Waals surface area contributed by atoms with E-state index in [1.54, 1.807) is 0 Å². The van der Waals surface area contributed by atoms with Crippen LogP contribution in [0.4, 0.5) is 5.95 Å². The standard InChI is InChI=1S/C15H28N6/c1-15(12-16)5-10-21(11-6-15)14-17-13(18-19-14)4-9-20-7-2-3-8-20/h2-12,16H2,1H3,(H,17,18,19). The fraction of sp³-hybridized carbons (Fsp3) is 0.867. The maximum atomic E-state index is 5.86. The summed E-state index contributed by atoms with van der Waals surface area (Å²) in [6, 6.07) is 0. The summed E-state index contributed by atoms with van der Waals surface area (Å²) in [5.41, 5.74) is 6.16. The van der Waals surface area contributed by atoms with Crippen molar-refractivity contribution in [2.45, 2.75) is 39.0 Å². The second-order valence-electron chi connectivity index (χ2n) is 6.88. The van der Waals surface area contributed by atoms with Crippen LogP contribution in [0.15, 0.2) is 0 Å². The normalized spacial score (nSPS) is 22.9. The van der Waals surface area contributed by atoms with Gasteiger partial charge in [0.05, 0.1) is 0 Å². The fourth-order valence-electron chi connectivity index (χ4n) is 3.26. The SMILES string of the molecule is CC1(CN)CCN(c2n[nH]c(CCN3CCCC3)n2)CC1. The topological polar surface area (TPSA) is 74.1 Å². The van der Waals surface area contributed by atoms with Crippen molar-refractivity contribution in [3.8, 4) is 0 Å². The number of nitrogens with two attached hydrogens (primary N) is 1. The van der Waals surface area contributed by atoms with Gasteiger partial charge in [-0.15, -0.1) is 5.10 Å². The number of aromatic nitrogens is 3. The highest BCUT2D eigenvalue weighted by Crippen LogP contribution is 2.30. The lowest BCUT2D eigenvalue weighted by Crippen LogP contribution is -2.42. The van der Waals surface area contributed by atoms with E-state index in [0.29, 0.717) is 5.41 Å². The van der Waals surface area contributed by atoms with Crippen LogP contribution in [0.2, 0.25) is 0 Å². The molecule has 3 heterocycles. The molecule has 6 nitrogen and oxygen atoms in total. The Morgan fingerprint density at radius 1 is 1.19 bits per heavy atom. The predicted octanol–water partition coefficient (Wildman–Crippen LogP) is 1.01. The van der Waals surface area contributed by atoms with Gasteiger partial charge in [-0.25, -0.2) is 0 Å². The smallest absolute Gasteiger partial charge is 0.244 e. The molecule has 118 valence electrons. The van der Waals surface area contributed by atoms with Crippen molar-refractivity contribution in [3.63, 3.8) is 0 Å². The number of nitrogens with one attached hydrogen (secondary N) is 1. The average Bonchev–Trinajstić information content (AvgIpc) is 3.17. The summed E-state index contributed by atoms with van der Waals surface area (Å²) < 4.78 is 0. The van der Waals surface area contributed by atoms with Crippen molar-refractivity contribution in [2.24, 2.45) is 11.1 Å². The van der Waals surface area contributed by atoms with Crippen LogP contribution in [0.25, 0.3) is 0 Å². The Kier molecular flexibility index (Phi) is 4.45. The number of rotatable bonds is 5. The van der Waals surface area contributed by atoms with Crippen LogP contribution < -0.4 is 10.6 Å². The van der Waals surface area contributed by atoms with Gasteiger partial charge in [0.15, 0.2) is 0 Å². The number of likely N-dealkylation sites (tertiary alicyclic amines) is 1. The molecular weight excluding hydrogens is 264 g/mol. The lowest BCUT2D eigenvalue weighted by molar-refractivity contribution is 0.257. The van der Waals surface area contributed by atoms with E-state index in [2.05, 4.69) is 31.9 Å². The molecule has 0 aliphatic carbocycles. The monoisotopic (exact) mass is 292 g/mol. The highest BCUT2D eigenvalue weighted by atomic mass is 15.4. The number of hydrogen-bond donors (Lipinski definition) is 2. The molecule has 2 fully saturated rings. The summed E-state index contributed by atoms with van der Waals surface area (Å²) in [7, 11) is 0. The molecule has 0 spiro atoms. The van der Waals surface area contributed by atoms with Crippen molar-refractivity contribution in [2.75, 3.05) is 44.2 Å². The summed E-state index contributed by atoms with van der Waals surface area (Å²) in [5, 5.41) is 7.51. The van der Waals surface area contributed by atoms with Gasteiger partial charge >= 0.3 is 0 Å². The van der Waals surface area contributed by atoms with Gasteiger partial charge in [0.2, 0.25) is 5.95 Å². The zero-order valence-corrected chi connectivity index (χ0v) is 13.1. The molecule has 2 saturated heterocycles. The molecule has 0 aromatic carbocycles. The molecule has 6 heteroatoms. The molecular formula is C15H28N6. The third-order valence-electron chi connectivity index (χ3n) is 5.13. The van der Waals surface area contributed by atoms with Crippen molar-refractivity contribution in [1.29, 1.82) is 0 Å². The molecule has 1 aromatic rings. The zero-order chi connectivity index (χ0) is 14.7. The molecule has 2 aliphatic heterocycles. The van der Waals surface area contributed by atoms with Crippen LogP contribution >= 0.6 is 0 Å². The molecule has 2 aliphatic rings. The highest BCUT2D eigenvalue weighted by molar-refractivity contribution is 5.29. The van der Waals surface area contributed by atoms with Crippen molar-refractivity contribution in [1.82, 2.24) is 20.1 Å². The second kappa shape index (κ2) is 6.32. The van der Waals surface area contributed by atoms with Crippen molar-refractivity contribution < 1.29 is 0 Å². The largest absolute Gasteiger partial charge is 0.340 e. The van der Waals surface area contributed by atoms with Crippen LogP contribution in [0.1, 0.15) is 38.4 Å². The number of anilines is 1. The summed E-state index contributed by atoms with van der Waals surface area (Å²) in [6.45, 7) is 8.66. The number of nitrogens with zero attached hydrogens (tertiary/aromatic N) is 4. The minimum Gasteiger partial charge on any atom is -0.340 e. The van der Waals surface area contributed by atoms with E-state index < -0.39 is 0 Å². The van der Waals surface area contributed by atoms with E-state index in [0.717, 1.165) is 57.2 Å². The maximum absolute atomic E-state index is 5.86. The van der Waals surface area contributed by atoms with Crippen LogP contribution in [0.3, 0.4) is 0 Å². The van der Waals surface area contributed by atoms with Gasteiger partial charge in [-0.05, 0) is 50.7 Å². The molecule has 0 amide bonds. The third-order valence-corrected chi connectivity index (χ3v) is 5.13. The van der Waals surface area contributed by atoms with Crippen LogP contribution in [-0.2, 0) is 6.42 Å². The third kappa shape index (κ3) is 3.55. The minimum absolute atomic E-state index is 0.297. The number of aromatic amines is 1. The molecule has 3 N–H and O–H groups in total. The van der Waals surface area contributed by atoms with E-state index in [9.17, 15) is 0 Å². The van der Waals surface area contributed by atoms with E-state index >= 15 is 0 Å². The van der Waals surface area contributed by atoms with Gasteiger partial charge in [0.1, 0.15) is 5.82 Å². The quantitative estimate of drug-likeness (QED) is 0.847. The van der Waals surface area contributed by atoms with Crippen molar-refractivity contribution in [3.05, 3.63) is 5.82 Å². The van der Waals surface area contributed by atoms with E-state index in [1.165, 1.54) is 25.9 Å². The summed E-state index contributed by atoms with van der Waals surface area (Å²) in [5.74, 6) is 1.88. The first-order valence-electron chi connectivity index (χ1n) is 8.27. The van der Waals surface area contributed by atoms with E-state index in [4.69, 9.17) is 5.73 Å². The number of hydrogen-bond acceptors (Lipinski definition) is 5. The molecule has 1 aromatic heterocycles. The Hall–Kier alpha value is -1.14. The second-order valence-corrected chi connectivity index (χ2v) is 6.88. The van der Waals surface area contributed by atoms with Crippen molar-refractivity contribution >= 4 is 5.95 Å². The van der Waals surface area contributed by atoms with Gasteiger partial charge in [-0.2, -0.15) is 4.98 Å². The van der Waals surface area contributed by atoms with Gasteiger partial charge in [0.25, 0.3) is 0 Å². The Bertz CT molecular complexity index is 443. The Morgan fingerprint density at radius 3 is 2.57 bits per heavy atom. The molecule has 21 heavy (non-hydrogen) atoms. The number of piperidine rings is 1. The van der Waals surface area contributed by atoms with Gasteiger partial charge in [0, 0.05) is 26.1 Å². The van der Waals surface area contributed by atoms with Crippen LogP contribution in [0.5, 0.6) is 0 Å². The van der Waals surface area contributed by atoms with Crippen LogP contribution in [-0.4, -0.2) is 59.3 Å². The lowest BCUT2D eigenvalue weighted by atomic mass is 9.81. The summed E-state index contributed by atoms with van der Waals surface area (Å²) in [6.07, 6.45) is 5.91.